The predicted molar refractivity (Wildman–Crippen MR) is 61.4 cm³/mol. The predicted octanol–water partition coefficient (Wildman–Crippen LogP) is 3.62. The minimum Gasteiger partial charge on any atom is -0.291 e. The van der Waals surface area contributed by atoms with Gasteiger partial charge in [-0.2, -0.15) is 0 Å². The Balaban J connectivity index is 4.17. The van der Waals surface area contributed by atoms with Crippen molar-refractivity contribution in [1.82, 2.24) is 0 Å². The van der Waals surface area contributed by atoms with E-state index in [1.807, 2.05) is 26.0 Å². The first-order valence-corrected chi connectivity index (χ1v) is 4.62. The van der Waals surface area contributed by atoms with E-state index in [2.05, 4.69) is 44.6 Å². The summed E-state index contributed by atoms with van der Waals surface area (Å²) in [6, 6.07) is 0. The molecule has 1 nitrogen and oxygen atoms in total. The highest BCUT2D eigenvalue weighted by Crippen LogP contribution is 2.15. The molecule has 0 bridgehead atoms. The number of aliphatic imine (C=N–C) groups is 1. The van der Waals surface area contributed by atoms with Crippen LogP contribution < -0.4 is 0 Å². The fourth-order valence-electron chi connectivity index (χ4n) is 0.688. The summed E-state index contributed by atoms with van der Waals surface area (Å²) in [5.74, 6) is 0. The minimum absolute atomic E-state index is 0.151. The lowest BCUT2D eigenvalue weighted by atomic mass is 9.96. The van der Waals surface area contributed by atoms with Crippen LogP contribution in [0.25, 0.3) is 0 Å². The van der Waals surface area contributed by atoms with Crippen molar-refractivity contribution in [3.63, 3.8) is 0 Å². The van der Waals surface area contributed by atoms with E-state index in [1.165, 1.54) is 0 Å². The number of allylic oxidation sites excluding steroid dienone is 3. The summed E-state index contributed by atoms with van der Waals surface area (Å²) in [7, 11) is 0. The zero-order valence-electron chi connectivity index (χ0n) is 9.46. The van der Waals surface area contributed by atoms with Gasteiger partial charge >= 0.3 is 0 Å². The van der Waals surface area contributed by atoms with Crippen molar-refractivity contribution in [1.29, 1.82) is 0 Å². The molecule has 0 aromatic heterocycles. The molecule has 0 atom stereocenters. The van der Waals surface area contributed by atoms with E-state index in [4.69, 9.17) is 0 Å². The molecule has 0 N–H and O–H groups in total. The molecule has 0 aliphatic rings. The molecule has 1 heteroatoms. The summed E-state index contributed by atoms with van der Waals surface area (Å²) >= 11 is 0. The van der Waals surface area contributed by atoms with Gasteiger partial charge in [-0.3, -0.25) is 4.99 Å². The van der Waals surface area contributed by atoms with E-state index in [1.54, 1.807) is 0 Å². The molecular weight excluding hydrogens is 158 g/mol. The molecule has 0 radical (unpaired) electrons. The Hall–Kier alpha value is -0.850. The van der Waals surface area contributed by atoms with Gasteiger partial charge in [0, 0.05) is 0 Å². The highest BCUT2D eigenvalue weighted by Gasteiger charge is 2.07. The lowest BCUT2D eigenvalue weighted by Gasteiger charge is -2.12. The van der Waals surface area contributed by atoms with Crippen LogP contribution in [0.15, 0.2) is 29.3 Å². The molecular formula is C12H21N. The fourth-order valence-corrected chi connectivity index (χ4v) is 0.688. The first kappa shape index (κ1) is 12.2. The number of hydrogen-bond acceptors (Lipinski definition) is 1. The minimum atomic E-state index is -0.151. The highest BCUT2D eigenvalue weighted by atomic mass is 14.8. The Kier molecular flexibility index (Phi) is 4.12. The highest BCUT2D eigenvalue weighted by molar-refractivity contribution is 5.28. The number of hydrogen-bond donors (Lipinski definition) is 0. The van der Waals surface area contributed by atoms with Crippen molar-refractivity contribution in [2.45, 2.75) is 40.2 Å². The molecule has 0 spiro atoms. The fraction of sp³-hybridized carbons (Fsp3) is 0.583. The Morgan fingerprint density at radius 3 is 1.77 bits per heavy atom. The summed E-state index contributed by atoms with van der Waals surface area (Å²) in [5, 5.41) is 0. The van der Waals surface area contributed by atoms with E-state index in [0.29, 0.717) is 0 Å². The maximum absolute atomic E-state index is 3.98. The van der Waals surface area contributed by atoms with Crippen LogP contribution in [0.4, 0.5) is 0 Å². The zero-order valence-corrected chi connectivity index (χ0v) is 9.46. The molecule has 0 unspecified atom stereocenters. The van der Waals surface area contributed by atoms with Crippen molar-refractivity contribution >= 4 is 6.72 Å². The molecule has 74 valence electrons. The SMILES string of the molecule is C=NC(C)(C)/C=C\C=C/C(C)(C)C. The van der Waals surface area contributed by atoms with E-state index < -0.39 is 0 Å². The van der Waals surface area contributed by atoms with Crippen LogP contribution in [0, 0.1) is 5.41 Å². The molecule has 0 aliphatic heterocycles. The van der Waals surface area contributed by atoms with Crippen LogP contribution in [-0.2, 0) is 0 Å². The average Bonchev–Trinajstić information content (AvgIpc) is 1.97. The molecule has 0 heterocycles. The van der Waals surface area contributed by atoms with Crippen LogP contribution in [0.2, 0.25) is 0 Å². The Labute approximate surface area is 82.3 Å². The van der Waals surface area contributed by atoms with Crippen LogP contribution in [0.3, 0.4) is 0 Å². The third kappa shape index (κ3) is 7.51. The van der Waals surface area contributed by atoms with Crippen molar-refractivity contribution < 1.29 is 0 Å². The van der Waals surface area contributed by atoms with E-state index in [0.717, 1.165) is 0 Å². The summed E-state index contributed by atoms with van der Waals surface area (Å²) in [6.07, 6.45) is 8.30. The van der Waals surface area contributed by atoms with Gasteiger partial charge in [0.15, 0.2) is 0 Å². The monoisotopic (exact) mass is 179 g/mol. The van der Waals surface area contributed by atoms with Crippen molar-refractivity contribution in [3.8, 4) is 0 Å². The second kappa shape index (κ2) is 4.40. The summed E-state index contributed by atoms with van der Waals surface area (Å²) in [5.41, 5.74) is 0.0956. The van der Waals surface area contributed by atoms with Gasteiger partial charge in [0.05, 0.1) is 5.54 Å². The van der Waals surface area contributed by atoms with Crippen molar-refractivity contribution in [2.24, 2.45) is 10.4 Å². The molecule has 0 amide bonds. The number of nitrogens with zero attached hydrogens (tertiary/aromatic N) is 1. The summed E-state index contributed by atoms with van der Waals surface area (Å²) in [4.78, 5) is 3.98. The van der Waals surface area contributed by atoms with Crippen LogP contribution >= 0.6 is 0 Å². The van der Waals surface area contributed by atoms with E-state index in [-0.39, 0.29) is 11.0 Å². The molecule has 0 aliphatic carbocycles. The number of rotatable bonds is 3. The molecule has 0 aromatic rings. The van der Waals surface area contributed by atoms with Gasteiger partial charge in [0.25, 0.3) is 0 Å². The Bertz CT molecular complexity index is 214. The smallest absolute Gasteiger partial charge is 0.0727 e. The standard InChI is InChI=1S/C12H21N/c1-11(2,3)9-7-8-10-12(4,5)13-6/h7-10H,6H2,1-5H3/b9-7-,10-8-. The largest absolute Gasteiger partial charge is 0.291 e. The van der Waals surface area contributed by atoms with E-state index in [9.17, 15) is 0 Å². The molecule has 0 rings (SSSR count). The van der Waals surface area contributed by atoms with Gasteiger partial charge in [0.1, 0.15) is 0 Å². The third-order valence-corrected chi connectivity index (χ3v) is 1.62. The van der Waals surface area contributed by atoms with Gasteiger partial charge in [0.2, 0.25) is 0 Å². The maximum Gasteiger partial charge on any atom is 0.0727 e. The second-order valence-electron chi connectivity index (χ2n) is 4.90. The molecule has 0 fully saturated rings. The topological polar surface area (TPSA) is 12.4 Å². The quantitative estimate of drug-likeness (QED) is 0.463. The maximum atomic E-state index is 3.98. The van der Waals surface area contributed by atoms with E-state index >= 15 is 0 Å². The molecule has 0 aromatic carbocycles. The third-order valence-electron chi connectivity index (χ3n) is 1.62. The Morgan fingerprint density at radius 1 is 0.923 bits per heavy atom. The normalized spacial score (nSPS) is 14.2. The first-order valence-electron chi connectivity index (χ1n) is 4.62. The molecule has 0 saturated heterocycles. The average molecular weight is 179 g/mol. The van der Waals surface area contributed by atoms with Crippen LogP contribution in [-0.4, -0.2) is 12.3 Å². The Morgan fingerprint density at radius 2 is 1.38 bits per heavy atom. The molecule has 0 saturated carbocycles. The zero-order chi connectivity index (χ0) is 10.5. The van der Waals surface area contributed by atoms with Crippen molar-refractivity contribution in [3.05, 3.63) is 24.3 Å². The summed E-state index contributed by atoms with van der Waals surface area (Å²) < 4.78 is 0. The van der Waals surface area contributed by atoms with Crippen LogP contribution in [0.5, 0.6) is 0 Å². The van der Waals surface area contributed by atoms with Crippen LogP contribution in [0.1, 0.15) is 34.6 Å². The van der Waals surface area contributed by atoms with Gasteiger partial charge < -0.3 is 0 Å². The first-order chi connectivity index (χ1) is 5.77. The van der Waals surface area contributed by atoms with Gasteiger partial charge in [-0.25, -0.2) is 0 Å². The van der Waals surface area contributed by atoms with Gasteiger partial charge in [-0.05, 0) is 26.0 Å². The lowest BCUT2D eigenvalue weighted by molar-refractivity contribution is 0.544. The molecule has 13 heavy (non-hydrogen) atoms. The van der Waals surface area contributed by atoms with Gasteiger partial charge in [-0.1, -0.05) is 45.1 Å². The van der Waals surface area contributed by atoms with Crippen molar-refractivity contribution in [2.75, 3.05) is 0 Å². The van der Waals surface area contributed by atoms with Gasteiger partial charge in [-0.15, -0.1) is 0 Å². The lowest BCUT2D eigenvalue weighted by Crippen LogP contribution is -2.10. The second-order valence-corrected chi connectivity index (χ2v) is 4.90. The summed E-state index contributed by atoms with van der Waals surface area (Å²) in [6.45, 7) is 14.1.